The Morgan fingerprint density at radius 3 is 2.68 bits per heavy atom. The minimum Gasteiger partial charge on any atom is -0.481 e. The molecule has 2 aliphatic heterocycles. The molecular formula is C16H21N3O5S. The average Bonchev–Trinajstić information content (AvgIpc) is 2.94. The van der Waals surface area contributed by atoms with Gasteiger partial charge in [-0.05, 0) is 24.5 Å². The molecule has 0 atom stereocenters. The predicted molar refractivity (Wildman–Crippen MR) is 92.0 cm³/mol. The zero-order valence-electron chi connectivity index (χ0n) is 13.7. The van der Waals surface area contributed by atoms with E-state index in [9.17, 15) is 18.0 Å². The van der Waals surface area contributed by atoms with Gasteiger partial charge in [0.2, 0.25) is 10.0 Å². The lowest BCUT2D eigenvalue weighted by molar-refractivity contribution is -0.137. The van der Waals surface area contributed by atoms with Crippen molar-refractivity contribution >= 4 is 27.7 Å². The number of nitrogens with zero attached hydrogens (tertiary/aromatic N) is 2. The fourth-order valence-electron chi connectivity index (χ4n) is 3.09. The monoisotopic (exact) mass is 367 g/mol. The minimum atomic E-state index is -3.48. The van der Waals surface area contributed by atoms with Crippen LogP contribution in [-0.2, 0) is 21.2 Å². The number of urea groups is 1. The number of carboxylic acid groups (broad SMARTS) is 1. The molecule has 0 aliphatic carbocycles. The first-order valence-electron chi connectivity index (χ1n) is 8.23. The van der Waals surface area contributed by atoms with Crippen molar-refractivity contribution in [1.82, 2.24) is 10.2 Å². The van der Waals surface area contributed by atoms with E-state index < -0.39 is 21.2 Å². The Balaban J connectivity index is 1.52. The van der Waals surface area contributed by atoms with Gasteiger partial charge in [-0.15, -0.1) is 0 Å². The molecule has 0 bridgehead atoms. The van der Waals surface area contributed by atoms with E-state index in [0.29, 0.717) is 19.4 Å². The molecule has 8 nitrogen and oxygen atoms in total. The van der Waals surface area contributed by atoms with Gasteiger partial charge < -0.3 is 15.3 Å². The smallest absolute Gasteiger partial charge is 0.317 e. The first-order valence-corrected chi connectivity index (χ1v) is 9.74. The molecular weight excluding hydrogens is 346 g/mol. The van der Waals surface area contributed by atoms with Crippen molar-refractivity contribution in [3.05, 3.63) is 29.8 Å². The summed E-state index contributed by atoms with van der Waals surface area (Å²) in [6.45, 7) is 1.02. The van der Waals surface area contributed by atoms with Crippen LogP contribution in [0.5, 0.6) is 0 Å². The highest BCUT2D eigenvalue weighted by molar-refractivity contribution is 7.93. The molecule has 2 N–H and O–H groups in total. The Morgan fingerprint density at radius 1 is 1.24 bits per heavy atom. The molecule has 0 unspecified atom stereocenters. The van der Waals surface area contributed by atoms with E-state index in [0.717, 1.165) is 11.3 Å². The average molecular weight is 367 g/mol. The second-order valence-corrected chi connectivity index (χ2v) is 8.39. The number of likely N-dealkylation sites (tertiary alicyclic amines) is 1. The van der Waals surface area contributed by atoms with Crippen LogP contribution in [-0.4, -0.2) is 61.9 Å². The van der Waals surface area contributed by atoms with E-state index in [4.69, 9.17) is 5.11 Å². The summed E-state index contributed by atoms with van der Waals surface area (Å²) in [6.07, 6.45) is 1.04. The maximum atomic E-state index is 12.8. The molecule has 3 rings (SSSR count). The number of carbonyl (C=O) groups is 2. The molecule has 25 heavy (non-hydrogen) atoms. The lowest BCUT2D eigenvalue weighted by Crippen LogP contribution is -2.61. The molecule has 1 fully saturated rings. The molecule has 1 saturated heterocycles. The van der Waals surface area contributed by atoms with Gasteiger partial charge in [0.25, 0.3) is 0 Å². The van der Waals surface area contributed by atoms with Crippen LogP contribution in [0.3, 0.4) is 0 Å². The van der Waals surface area contributed by atoms with Crippen LogP contribution in [0.1, 0.15) is 18.4 Å². The lowest BCUT2D eigenvalue weighted by atomic mass is 10.2. The number of para-hydroxylation sites is 1. The Morgan fingerprint density at radius 2 is 1.96 bits per heavy atom. The molecule has 2 amide bonds. The fraction of sp³-hybridized carbons (Fsp3) is 0.500. The van der Waals surface area contributed by atoms with E-state index in [2.05, 4.69) is 5.32 Å². The highest BCUT2D eigenvalue weighted by Crippen LogP contribution is 2.33. The summed E-state index contributed by atoms with van der Waals surface area (Å²) in [5, 5.41) is 10.6. The number of anilines is 1. The molecule has 1 aromatic rings. The van der Waals surface area contributed by atoms with Gasteiger partial charge in [-0.25, -0.2) is 13.2 Å². The number of hydrogen-bond acceptors (Lipinski definition) is 4. The highest BCUT2D eigenvalue weighted by Gasteiger charge is 2.44. The van der Waals surface area contributed by atoms with Gasteiger partial charge >= 0.3 is 12.0 Å². The SMILES string of the molecule is O=C(O)CCCNC(=O)N1CC(S(=O)(=O)N2CCc3ccccc32)C1. The first kappa shape index (κ1) is 17.5. The molecule has 136 valence electrons. The molecule has 0 radical (unpaired) electrons. The van der Waals surface area contributed by atoms with Gasteiger partial charge in [0, 0.05) is 32.6 Å². The van der Waals surface area contributed by atoms with E-state index in [-0.39, 0.29) is 32.1 Å². The van der Waals surface area contributed by atoms with E-state index >= 15 is 0 Å². The number of rotatable bonds is 6. The topological polar surface area (TPSA) is 107 Å². The van der Waals surface area contributed by atoms with Crippen LogP contribution in [0.25, 0.3) is 0 Å². The number of sulfonamides is 1. The summed E-state index contributed by atoms with van der Waals surface area (Å²) in [5.41, 5.74) is 1.76. The second kappa shape index (κ2) is 6.91. The Labute approximate surface area is 146 Å². The lowest BCUT2D eigenvalue weighted by Gasteiger charge is -2.40. The van der Waals surface area contributed by atoms with Crippen LogP contribution in [0.4, 0.5) is 10.5 Å². The summed E-state index contributed by atoms with van der Waals surface area (Å²) >= 11 is 0. The Hall–Kier alpha value is -2.29. The molecule has 0 spiro atoms. The summed E-state index contributed by atoms with van der Waals surface area (Å²) in [7, 11) is -3.48. The second-order valence-electron chi connectivity index (χ2n) is 6.25. The quantitative estimate of drug-likeness (QED) is 0.718. The zero-order valence-corrected chi connectivity index (χ0v) is 14.5. The standard InChI is InChI=1S/C16H21N3O5S/c20-15(21)6-3-8-17-16(22)18-10-13(11-18)25(23,24)19-9-7-12-4-1-2-5-14(12)19/h1-2,4-5,13H,3,6-11H2,(H,17,22)(H,20,21). The summed E-state index contributed by atoms with van der Waals surface area (Å²) in [4.78, 5) is 23.8. The third kappa shape index (κ3) is 3.55. The molecule has 9 heteroatoms. The van der Waals surface area contributed by atoms with Gasteiger partial charge in [0.05, 0.1) is 5.69 Å². The van der Waals surface area contributed by atoms with Crippen molar-refractivity contribution in [2.75, 3.05) is 30.5 Å². The highest BCUT2D eigenvalue weighted by atomic mass is 32.2. The predicted octanol–water partition coefficient (Wildman–Crippen LogP) is 0.638. The summed E-state index contributed by atoms with van der Waals surface area (Å²) in [6, 6.07) is 7.12. The molecule has 0 aromatic heterocycles. The van der Waals surface area contributed by atoms with Gasteiger partial charge in [-0.1, -0.05) is 18.2 Å². The van der Waals surface area contributed by atoms with Gasteiger partial charge in [0.1, 0.15) is 5.25 Å². The molecule has 2 heterocycles. The van der Waals surface area contributed by atoms with E-state index in [1.165, 1.54) is 9.21 Å². The zero-order chi connectivity index (χ0) is 18.0. The van der Waals surface area contributed by atoms with Crippen LogP contribution in [0.15, 0.2) is 24.3 Å². The van der Waals surface area contributed by atoms with E-state index in [1.54, 1.807) is 0 Å². The molecule has 0 saturated carbocycles. The van der Waals surface area contributed by atoms with Crippen LogP contribution in [0, 0.1) is 0 Å². The number of hydrogen-bond donors (Lipinski definition) is 2. The first-order chi connectivity index (χ1) is 11.9. The number of amides is 2. The number of benzene rings is 1. The summed E-state index contributed by atoms with van der Waals surface area (Å²) < 4.78 is 27.0. The third-order valence-corrected chi connectivity index (χ3v) is 6.69. The van der Waals surface area contributed by atoms with Crippen molar-refractivity contribution in [2.24, 2.45) is 0 Å². The van der Waals surface area contributed by atoms with Gasteiger partial charge in [0.15, 0.2) is 0 Å². The Bertz CT molecular complexity index is 774. The number of carbonyl (C=O) groups excluding carboxylic acids is 1. The van der Waals surface area contributed by atoms with E-state index in [1.807, 2.05) is 24.3 Å². The normalized spacial score (nSPS) is 17.1. The van der Waals surface area contributed by atoms with Crippen molar-refractivity contribution in [3.8, 4) is 0 Å². The molecule has 2 aliphatic rings. The van der Waals surface area contributed by atoms with Crippen molar-refractivity contribution in [2.45, 2.75) is 24.5 Å². The van der Waals surface area contributed by atoms with Crippen molar-refractivity contribution in [3.63, 3.8) is 0 Å². The molecule has 1 aromatic carbocycles. The van der Waals surface area contributed by atoms with Crippen molar-refractivity contribution in [1.29, 1.82) is 0 Å². The fourth-order valence-corrected chi connectivity index (χ4v) is 4.99. The van der Waals surface area contributed by atoms with Crippen molar-refractivity contribution < 1.29 is 23.1 Å². The number of nitrogens with one attached hydrogen (secondary N) is 1. The maximum absolute atomic E-state index is 12.8. The Kier molecular flexibility index (Phi) is 4.85. The van der Waals surface area contributed by atoms with Gasteiger partial charge in [-0.2, -0.15) is 0 Å². The number of carboxylic acids is 1. The number of aliphatic carboxylic acids is 1. The summed E-state index contributed by atoms with van der Waals surface area (Å²) in [5.74, 6) is -0.907. The van der Waals surface area contributed by atoms with Gasteiger partial charge in [-0.3, -0.25) is 9.10 Å². The van der Waals surface area contributed by atoms with Crippen LogP contribution in [0.2, 0.25) is 0 Å². The third-order valence-electron chi connectivity index (χ3n) is 4.55. The maximum Gasteiger partial charge on any atom is 0.317 e. The largest absolute Gasteiger partial charge is 0.481 e. The number of fused-ring (bicyclic) bond motifs is 1. The van der Waals surface area contributed by atoms with Crippen LogP contribution >= 0.6 is 0 Å². The van der Waals surface area contributed by atoms with Crippen LogP contribution < -0.4 is 9.62 Å². The minimum absolute atomic E-state index is 0.00828.